The fraction of sp³-hybridized carbons (Fsp3) is 0.571. The number of halogens is 1. The van der Waals surface area contributed by atoms with Crippen LogP contribution in [0.1, 0.15) is 5.69 Å². The lowest BCUT2D eigenvalue weighted by Gasteiger charge is -1.93. The van der Waals surface area contributed by atoms with E-state index in [1.165, 1.54) is 0 Å². The Morgan fingerprint density at radius 1 is 1.91 bits per heavy atom. The van der Waals surface area contributed by atoms with Gasteiger partial charge in [0.25, 0.3) is 0 Å². The molecule has 0 N–H and O–H groups in total. The van der Waals surface area contributed by atoms with Crippen LogP contribution in [0.2, 0.25) is 0 Å². The van der Waals surface area contributed by atoms with E-state index in [1.54, 1.807) is 0 Å². The fourth-order valence-corrected chi connectivity index (χ4v) is 1.28. The van der Waals surface area contributed by atoms with Crippen LogP contribution in [0.5, 0.6) is 0 Å². The maximum atomic E-state index is 5.09. The van der Waals surface area contributed by atoms with Gasteiger partial charge in [-0.3, -0.25) is 4.68 Å². The van der Waals surface area contributed by atoms with Gasteiger partial charge in [0.05, 0.1) is 23.3 Å². The predicted octanol–water partition coefficient (Wildman–Crippen LogP) is 1.35. The summed E-state index contributed by atoms with van der Waals surface area (Å²) >= 11 is 3.40. The number of aromatic nitrogens is 2. The van der Waals surface area contributed by atoms with Gasteiger partial charge in [-0.15, -0.1) is 0 Å². The molecule has 1 fully saturated rings. The van der Waals surface area contributed by atoms with Gasteiger partial charge in [0.2, 0.25) is 0 Å². The molecular formula is C7H9BrN2O. The van der Waals surface area contributed by atoms with Crippen molar-refractivity contribution in [2.75, 3.05) is 6.61 Å². The van der Waals surface area contributed by atoms with Crippen molar-refractivity contribution >= 4 is 15.9 Å². The average molecular weight is 217 g/mol. The molecule has 1 aliphatic rings. The van der Waals surface area contributed by atoms with Crippen molar-refractivity contribution in [2.45, 2.75) is 19.6 Å². The highest BCUT2D eigenvalue weighted by molar-refractivity contribution is 9.10. The Morgan fingerprint density at radius 2 is 2.64 bits per heavy atom. The molecule has 0 amide bonds. The average Bonchev–Trinajstić information content (AvgIpc) is 2.65. The molecule has 60 valence electrons. The van der Waals surface area contributed by atoms with Crippen LogP contribution in [-0.4, -0.2) is 22.5 Å². The normalized spacial score (nSPS) is 22.2. The van der Waals surface area contributed by atoms with Crippen molar-refractivity contribution in [1.82, 2.24) is 9.78 Å². The van der Waals surface area contributed by atoms with Crippen molar-refractivity contribution < 1.29 is 4.74 Å². The summed E-state index contributed by atoms with van der Waals surface area (Å²) in [7, 11) is 0. The Labute approximate surface area is 73.5 Å². The number of rotatable bonds is 2. The molecule has 1 aromatic heterocycles. The molecule has 0 radical (unpaired) electrons. The molecule has 1 atom stereocenters. The highest BCUT2D eigenvalue weighted by Gasteiger charge is 2.23. The maximum Gasteiger partial charge on any atom is 0.100 e. The standard InChI is InChI=1S/C7H9BrN2O/c1-5-7(8)3-10(9-5)2-6-4-11-6/h3,6H,2,4H2,1H3. The summed E-state index contributed by atoms with van der Waals surface area (Å²) in [4.78, 5) is 0. The third-order valence-corrected chi connectivity index (χ3v) is 2.46. The van der Waals surface area contributed by atoms with E-state index in [-0.39, 0.29) is 0 Å². The van der Waals surface area contributed by atoms with Gasteiger partial charge >= 0.3 is 0 Å². The van der Waals surface area contributed by atoms with Crippen LogP contribution in [0.15, 0.2) is 10.7 Å². The Hall–Kier alpha value is -0.350. The first kappa shape index (κ1) is 7.31. The van der Waals surface area contributed by atoms with Gasteiger partial charge in [-0.25, -0.2) is 0 Å². The van der Waals surface area contributed by atoms with Crippen molar-refractivity contribution in [2.24, 2.45) is 0 Å². The summed E-state index contributed by atoms with van der Waals surface area (Å²) in [6.45, 7) is 3.75. The second-order valence-electron chi connectivity index (χ2n) is 2.74. The van der Waals surface area contributed by atoms with E-state index in [2.05, 4.69) is 21.0 Å². The highest BCUT2D eigenvalue weighted by atomic mass is 79.9. The number of ether oxygens (including phenoxy) is 1. The van der Waals surface area contributed by atoms with Crippen LogP contribution in [0.25, 0.3) is 0 Å². The zero-order chi connectivity index (χ0) is 7.84. The van der Waals surface area contributed by atoms with Gasteiger partial charge in [-0.2, -0.15) is 5.10 Å². The van der Waals surface area contributed by atoms with Gasteiger partial charge in [-0.05, 0) is 22.9 Å². The second-order valence-corrected chi connectivity index (χ2v) is 3.59. The fourth-order valence-electron chi connectivity index (χ4n) is 0.969. The number of nitrogens with zero attached hydrogens (tertiary/aromatic N) is 2. The van der Waals surface area contributed by atoms with E-state index in [0.717, 1.165) is 23.3 Å². The largest absolute Gasteiger partial charge is 0.371 e. The Balaban J connectivity index is 2.11. The topological polar surface area (TPSA) is 30.4 Å². The van der Waals surface area contributed by atoms with Crippen LogP contribution in [0, 0.1) is 6.92 Å². The van der Waals surface area contributed by atoms with E-state index in [1.807, 2.05) is 17.8 Å². The number of epoxide rings is 1. The lowest BCUT2D eigenvalue weighted by atomic mass is 10.5. The summed E-state index contributed by atoms with van der Waals surface area (Å²) in [5.41, 5.74) is 1.03. The third kappa shape index (κ3) is 1.62. The predicted molar refractivity (Wildman–Crippen MR) is 44.4 cm³/mol. The second kappa shape index (κ2) is 2.60. The summed E-state index contributed by atoms with van der Waals surface area (Å²) in [5.74, 6) is 0. The SMILES string of the molecule is Cc1nn(CC2CO2)cc1Br. The van der Waals surface area contributed by atoms with Crippen molar-refractivity contribution in [3.63, 3.8) is 0 Å². The quantitative estimate of drug-likeness (QED) is 0.700. The zero-order valence-electron chi connectivity index (χ0n) is 6.25. The molecule has 0 bridgehead atoms. The monoisotopic (exact) mass is 216 g/mol. The van der Waals surface area contributed by atoms with E-state index < -0.39 is 0 Å². The van der Waals surface area contributed by atoms with E-state index in [0.29, 0.717) is 6.10 Å². The van der Waals surface area contributed by atoms with Crippen molar-refractivity contribution in [3.8, 4) is 0 Å². The maximum absolute atomic E-state index is 5.09. The van der Waals surface area contributed by atoms with Gasteiger partial charge in [0.1, 0.15) is 6.10 Å². The molecule has 0 aromatic carbocycles. The number of hydrogen-bond donors (Lipinski definition) is 0. The molecule has 3 nitrogen and oxygen atoms in total. The summed E-state index contributed by atoms with van der Waals surface area (Å²) in [6, 6.07) is 0. The van der Waals surface area contributed by atoms with Gasteiger partial charge in [0, 0.05) is 6.20 Å². The molecule has 1 unspecified atom stereocenters. The molecule has 2 heterocycles. The van der Waals surface area contributed by atoms with Gasteiger partial charge in [-0.1, -0.05) is 0 Å². The molecule has 4 heteroatoms. The Morgan fingerprint density at radius 3 is 3.09 bits per heavy atom. The van der Waals surface area contributed by atoms with Gasteiger partial charge in [0.15, 0.2) is 0 Å². The first-order valence-corrected chi connectivity index (χ1v) is 4.36. The summed E-state index contributed by atoms with van der Waals surface area (Å²) in [5, 5.41) is 4.28. The molecule has 1 aliphatic heterocycles. The smallest absolute Gasteiger partial charge is 0.100 e. The number of aryl methyl sites for hydroxylation is 1. The van der Waals surface area contributed by atoms with Crippen molar-refractivity contribution in [3.05, 3.63) is 16.4 Å². The van der Waals surface area contributed by atoms with Crippen LogP contribution >= 0.6 is 15.9 Å². The minimum absolute atomic E-state index is 0.404. The third-order valence-electron chi connectivity index (χ3n) is 1.68. The van der Waals surface area contributed by atoms with Gasteiger partial charge < -0.3 is 4.74 Å². The first-order valence-electron chi connectivity index (χ1n) is 3.57. The van der Waals surface area contributed by atoms with Crippen LogP contribution in [0.3, 0.4) is 0 Å². The first-order chi connectivity index (χ1) is 5.25. The van der Waals surface area contributed by atoms with Crippen LogP contribution in [-0.2, 0) is 11.3 Å². The van der Waals surface area contributed by atoms with Crippen molar-refractivity contribution in [1.29, 1.82) is 0 Å². The number of hydrogen-bond acceptors (Lipinski definition) is 2. The van der Waals surface area contributed by atoms with E-state index >= 15 is 0 Å². The molecule has 0 aliphatic carbocycles. The van der Waals surface area contributed by atoms with Crippen LogP contribution in [0.4, 0.5) is 0 Å². The molecule has 0 saturated carbocycles. The van der Waals surface area contributed by atoms with E-state index in [4.69, 9.17) is 4.74 Å². The molecule has 1 aromatic rings. The molecule has 2 rings (SSSR count). The lowest BCUT2D eigenvalue weighted by molar-refractivity contribution is 0.373. The lowest BCUT2D eigenvalue weighted by Crippen LogP contribution is -2.04. The molecular weight excluding hydrogens is 208 g/mol. The molecule has 11 heavy (non-hydrogen) atoms. The molecule has 1 saturated heterocycles. The highest BCUT2D eigenvalue weighted by Crippen LogP contribution is 2.16. The zero-order valence-corrected chi connectivity index (χ0v) is 7.84. The Kier molecular flexibility index (Phi) is 1.73. The van der Waals surface area contributed by atoms with Crippen LogP contribution < -0.4 is 0 Å². The summed E-state index contributed by atoms with van der Waals surface area (Å²) in [6.07, 6.45) is 2.39. The summed E-state index contributed by atoms with van der Waals surface area (Å²) < 4.78 is 8.07. The Bertz CT molecular complexity index is 248. The van der Waals surface area contributed by atoms with E-state index in [9.17, 15) is 0 Å². The minimum atomic E-state index is 0.404. The minimum Gasteiger partial charge on any atom is -0.371 e. The molecule has 0 spiro atoms.